The van der Waals surface area contributed by atoms with Gasteiger partial charge in [-0.05, 0) is 67.9 Å². The van der Waals surface area contributed by atoms with Gasteiger partial charge in [0.2, 0.25) is 0 Å². The maximum atomic E-state index is 3.57. The zero-order valence-electron chi connectivity index (χ0n) is 10.6. The molecule has 1 fully saturated rings. The fourth-order valence-corrected chi connectivity index (χ4v) is 4.54. The first-order valence-corrected chi connectivity index (χ1v) is 7.98. The van der Waals surface area contributed by atoms with Crippen LogP contribution in [0.3, 0.4) is 0 Å². The zero-order valence-corrected chi connectivity index (χ0v) is 13.0. The fourth-order valence-electron chi connectivity index (χ4n) is 2.83. The molecule has 2 unspecified atom stereocenters. The summed E-state index contributed by atoms with van der Waals surface area (Å²) in [6.07, 6.45) is 4.03. The molecule has 17 heavy (non-hydrogen) atoms. The van der Waals surface area contributed by atoms with E-state index in [1.54, 1.807) is 0 Å². The van der Waals surface area contributed by atoms with Gasteiger partial charge in [-0.15, -0.1) is 11.3 Å². The molecule has 1 aliphatic rings. The number of nitrogens with zero attached hydrogens (tertiary/aromatic N) is 1. The largest absolute Gasteiger partial charge is 0.319 e. The highest BCUT2D eigenvalue weighted by Crippen LogP contribution is 2.37. The standard InChI is InChI=1S/C13H21BrN2S/c1-15-8-10-5-3-4-6-16(2)13(10)12-7-11(14)9-17-12/h7,9-10,13,15H,3-6,8H2,1-2H3. The lowest BCUT2D eigenvalue weighted by molar-refractivity contribution is 0.194. The molecule has 0 radical (unpaired) electrons. The van der Waals surface area contributed by atoms with E-state index in [0.29, 0.717) is 6.04 Å². The molecule has 0 saturated carbocycles. The molecule has 2 nitrogen and oxygen atoms in total. The lowest BCUT2D eigenvalue weighted by atomic mass is 9.93. The Hall–Kier alpha value is 0.1000. The van der Waals surface area contributed by atoms with E-state index in [-0.39, 0.29) is 0 Å². The lowest BCUT2D eigenvalue weighted by Gasteiger charge is -2.31. The maximum absolute atomic E-state index is 3.57. The summed E-state index contributed by atoms with van der Waals surface area (Å²) in [7, 11) is 4.33. The second-order valence-electron chi connectivity index (χ2n) is 4.91. The Morgan fingerprint density at radius 1 is 1.53 bits per heavy atom. The highest BCUT2D eigenvalue weighted by molar-refractivity contribution is 9.10. The normalized spacial score (nSPS) is 27.0. The summed E-state index contributed by atoms with van der Waals surface area (Å²) in [5.74, 6) is 0.734. The number of thiophene rings is 1. The summed E-state index contributed by atoms with van der Waals surface area (Å²) in [6.45, 7) is 2.34. The van der Waals surface area contributed by atoms with E-state index in [2.05, 4.69) is 51.7 Å². The molecule has 2 rings (SSSR count). The molecule has 4 heteroatoms. The van der Waals surface area contributed by atoms with E-state index in [1.165, 1.54) is 35.2 Å². The van der Waals surface area contributed by atoms with Crippen LogP contribution in [0.4, 0.5) is 0 Å². The number of halogens is 1. The minimum atomic E-state index is 0.584. The Balaban J connectivity index is 2.22. The second-order valence-corrected chi connectivity index (χ2v) is 6.76. The van der Waals surface area contributed by atoms with Crippen LogP contribution >= 0.6 is 27.3 Å². The molecule has 0 aromatic carbocycles. The van der Waals surface area contributed by atoms with E-state index in [9.17, 15) is 0 Å². The molecule has 0 aliphatic carbocycles. The summed E-state index contributed by atoms with van der Waals surface area (Å²) in [6, 6.07) is 2.88. The second kappa shape index (κ2) is 6.32. The van der Waals surface area contributed by atoms with Gasteiger partial charge in [0.25, 0.3) is 0 Å². The van der Waals surface area contributed by atoms with Gasteiger partial charge >= 0.3 is 0 Å². The first-order valence-electron chi connectivity index (χ1n) is 6.31. The summed E-state index contributed by atoms with van der Waals surface area (Å²) in [5, 5.41) is 5.56. The van der Waals surface area contributed by atoms with Crippen molar-refractivity contribution in [1.29, 1.82) is 0 Å². The summed E-state index contributed by atoms with van der Waals surface area (Å²) in [4.78, 5) is 4.04. The van der Waals surface area contributed by atoms with Gasteiger partial charge in [-0.25, -0.2) is 0 Å². The fraction of sp³-hybridized carbons (Fsp3) is 0.692. The number of rotatable bonds is 3. The number of nitrogens with one attached hydrogen (secondary N) is 1. The van der Waals surface area contributed by atoms with Gasteiger partial charge < -0.3 is 5.32 Å². The van der Waals surface area contributed by atoms with Crippen molar-refractivity contribution in [3.05, 3.63) is 20.8 Å². The SMILES string of the molecule is CNCC1CCCCN(C)C1c1cc(Br)cs1. The van der Waals surface area contributed by atoms with Crippen LogP contribution < -0.4 is 5.32 Å². The van der Waals surface area contributed by atoms with Crippen LogP contribution in [0.15, 0.2) is 15.9 Å². The molecule has 1 aromatic heterocycles. The molecule has 0 spiro atoms. The van der Waals surface area contributed by atoms with E-state index in [1.807, 2.05) is 11.3 Å². The van der Waals surface area contributed by atoms with Gasteiger partial charge in [0.15, 0.2) is 0 Å². The van der Waals surface area contributed by atoms with Crippen molar-refractivity contribution in [3.8, 4) is 0 Å². The monoisotopic (exact) mass is 316 g/mol. The predicted octanol–water partition coefficient (Wildman–Crippen LogP) is 3.50. The number of hydrogen-bond acceptors (Lipinski definition) is 3. The third kappa shape index (κ3) is 3.31. The Labute approximate surface area is 117 Å². The van der Waals surface area contributed by atoms with Crippen LogP contribution in [0.1, 0.15) is 30.2 Å². The third-order valence-corrected chi connectivity index (χ3v) is 5.37. The molecular formula is C13H21BrN2S. The van der Waals surface area contributed by atoms with Gasteiger partial charge in [0.1, 0.15) is 0 Å². The van der Waals surface area contributed by atoms with Crippen molar-refractivity contribution in [2.75, 3.05) is 27.2 Å². The van der Waals surface area contributed by atoms with Crippen molar-refractivity contribution in [2.24, 2.45) is 5.92 Å². The first-order chi connectivity index (χ1) is 8.22. The van der Waals surface area contributed by atoms with Crippen molar-refractivity contribution in [3.63, 3.8) is 0 Å². The van der Waals surface area contributed by atoms with Gasteiger partial charge in [0.05, 0.1) is 0 Å². The van der Waals surface area contributed by atoms with E-state index in [0.717, 1.165) is 12.5 Å². The van der Waals surface area contributed by atoms with E-state index < -0.39 is 0 Å². The highest BCUT2D eigenvalue weighted by atomic mass is 79.9. The van der Waals surface area contributed by atoms with Gasteiger partial charge in [-0.1, -0.05) is 6.42 Å². The summed E-state index contributed by atoms with van der Waals surface area (Å²) >= 11 is 5.46. The Morgan fingerprint density at radius 3 is 3.00 bits per heavy atom. The predicted molar refractivity (Wildman–Crippen MR) is 78.7 cm³/mol. The average molecular weight is 317 g/mol. The van der Waals surface area contributed by atoms with Crippen molar-refractivity contribution >= 4 is 27.3 Å². The topological polar surface area (TPSA) is 15.3 Å². The van der Waals surface area contributed by atoms with Crippen LogP contribution in [0.25, 0.3) is 0 Å². The molecule has 96 valence electrons. The van der Waals surface area contributed by atoms with Crippen molar-refractivity contribution in [2.45, 2.75) is 25.3 Å². The quantitative estimate of drug-likeness (QED) is 0.918. The maximum Gasteiger partial charge on any atom is 0.0479 e. The highest BCUT2D eigenvalue weighted by Gasteiger charge is 2.29. The molecule has 0 bridgehead atoms. The smallest absolute Gasteiger partial charge is 0.0479 e. The van der Waals surface area contributed by atoms with Crippen molar-refractivity contribution in [1.82, 2.24) is 10.2 Å². The molecule has 2 atom stereocenters. The van der Waals surface area contributed by atoms with Crippen LogP contribution in [0, 0.1) is 5.92 Å². The number of likely N-dealkylation sites (tertiary alicyclic amines) is 1. The molecule has 0 amide bonds. The summed E-state index contributed by atoms with van der Waals surface area (Å²) < 4.78 is 1.22. The van der Waals surface area contributed by atoms with Gasteiger partial charge in [-0.3, -0.25) is 4.90 Å². The van der Waals surface area contributed by atoms with E-state index >= 15 is 0 Å². The van der Waals surface area contributed by atoms with Crippen molar-refractivity contribution < 1.29 is 0 Å². The van der Waals surface area contributed by atoms with Crippen LogP contribution in [0.5, 0.6) is 0 Å². The minimum absolute atomic E-state index is 0.584. The number of hydrogen-bond donors (Lipinski definition) is 1. The molecular weight excluding hydrogens is 296 g/mol. The van der Waals surface area contributed by atoms with Crippen LogP contribution in [-0.4, -0.2) is 32.1 Å². The van der Waals surface area contributed by atoms with E-state index in [4.69, 9.17) is 0 Å². The van der Waals surface area contributed by atoms with Crippen LogP contribution in [0.2, 0.25) is 0 Å². The molecule has 1 saturated heterocycles. The molecule has 1 aliphatic heterocycles. The van der Waals surface area contributed by atoms with Gasteiger partial charge in [-0.2, -0.15) is 0 Å². The lowest BCUT2D eigenvalue weighted by Crippen LogP contribution is -2.33. The Kier molecular flexibility index (Phi) is 5.03. The van der Waals surface area contributed by atoms with Crippen LogP contribution in [-0.2, 0) is 0 Å². The Bertz CT molecular complexity index is 353. The molecule has 2 heterocycles. The Morgan fingerprint density at radius 2 is 2.35 bits per heavy atom. The third-order valence-electron chi connectivity index (χ3n) is 3.60. The van der Waals surface area contributed by atoms with Gasteiger partial charge in [0, 0.05) is 20.8 Å². The first kappa shape index (κ1) is 13.5. The molecule has 1 N–H and O–H groups in total. The minimum Gasteiger partial charge on any atom is -0.319 e. The summed E-state index contributed by atoms with van der Waals surface area (Å²) in [5.41, 5.74) is 0. The zero-order chi connectivity index (χ0) is 12.3. The molecule has 1 aromatic rings. The average Bonchev–Trinajstić information content (AvgIpc) is 2.62.